The number of hydrogen-bond donors (Lipinski definition) is 1. The van der Waals surface area contributed by atoms with Crippen LogP contribution >= 0.6 is 0 Å². The van der Waals surface area contributed by atoms with Crippen LogP contribution in [0.5, 0.6) is 0 Å². The lowest BCUT2D eigenvalue weighted by Gasteiger charge is -2.20. The Labute approximate surface area is 115 Å². The summed E-state index contributed by atoms with van der Waals surface area (Å²) in [6, 6.07) is 16.8. The van der Waals surface area contributed by atoms with E-state index in [1.807, 2.05) is 18.2 Å². The summed E-state index contributed by atoms with van der Waals surface area (Å²) >= 11 is 0. The molecule has 0 bridgehead atoms. The molecule has 2 rings (SSSR count). The molecule has 2 aromatic rings. The smallest absolute Gasteiger partial charge is 0.0426 e. The van der Waals surface area contributed by atoms with E-state index in [1.165, 1.54) is 16.8 Å². The van der Waals surface area contributed by atoms with Gasteiger partial charge in [-0.15, -0.1) is 0 Å². The molecule has 0 spiro atoms. The number of nitrogens with zero attached hydrogens (tertiary/aromatic N) is 1. The van der Waals surface area contributed by atoms with Gasteiger partial charge in [-0.1, -0.05) is 38.1 Å². The van der Waals surface area contributed by atoms with E-state index in [0.717, 1.165) is 12.2 Å². The number of nitrogen functional groups attached to an aromatic ring is 1. The quantitative estimate of drug-likeness (QED) is 0.835. The predicted octanol–water partition coefficient (Wildman–Crippen LogP) is 4.03. The van der Waals surface area contributed by atoms with Crippen LogP contribution in [0, 0.1) is 0 Å². The highest BCUT2D eigenvalue weighted by molar-refractivity contribution is 5.49. The van der Waals surface area contributed by atoms with Crippen LogP contribution in [0.4, 0.5) is 11.4 Å². The zero-order valence-corrected chi connectivity index (χ0v) is 11.9. The lowest BCUT2D eigenvalue weighted by Crippen LogP contribution is -2.16. The first-order chi connectivity index (χ1) is 9.06. The molecule has 0 fully saturated rings. The Morgan fingerprint density at radius 3 is 2.32 bits per heavy atom. The van der Waals surface area contributed by atoms with Gasteiger partial charge in [0, 0.05) is 25.0 Å². The molecular formula is C17H22N2. The average Bonchev–Trinajstić information content (AvgIpc) is 2.39. The highest BCUT2D eigenvalue weighted by atomic mass is 15.1. The van der Waals surface area contributed by atoms with Gasteiger partial charge in [0.15, 0.2) is 0 Å². The molecule has 19 heavy (non-hydrogen) atoms. The van der Waals surface area contributed by atoms with E-state index in [9.17, 15) is 0 Å². The molecule has 0 aliphatic carbocycles. The van der Waals surface area contributed by atoms with Crippen molar-refractivity contribution in [1.29, 1.82) is 0 Å². The number of rotatable bonds is 4. The van der Waals surface area contributed by atoms with E-state index >= 15 is 0 Å². The number of anilines is 2. The molecule has 2 nitrogen and oxygen atoms in total. The molecule has 0 saturated heterocycles. The van der Waals surface area contributed by atoms with E-state index in [0.29, 0.717) is 5.92 Å². The monoisotopic (exact) mass is 254 g/mol. The summed E-state index contributed by atoms with van der Waals surface area (Å²) in [4.78, 5) is 2.24. The Hall–Kier alpha value is -1.96. The first kappa shape index (κ1) is 13.5. The van der Waals surface area contributed by atoms with Gasteiger partial charge < -0.3 is 10.6 Å². The Morgan fingerprint density at radius 2 is 1.74 bits per heavy atom. The van der Waals surface area contributed by atoms with Crippen LogP contribution in [0.15, 0.2) is 48.5 Å². The van der Waals surface area contributed by atoms with Gasteiger partial charge in [-0.3, -0.25) is 0 Å². The maximum absolute atomic E-state index is 5.81. The normalized spacial score (nSPS) is 10.7. The molecular weight excluding hydrogens is 232 g/mol. The summed E-state index contributed by atoms with van der Waals surface area (Å²) in [5.41, 5.74) is 10.5. The van der Waals surface area contributed by atoms with Crippen molar-refractivity contribution >= 4 is 11.4 Å². The Morgan fingerprint density at radius 1 is 1.05 bits per heavy atom. The molecule has 0 unspecified atom stereocenters. The topological polar surface area (TPSA) is 29.3 Å². The van der Waals surface area contributed by atoms with Gasteiger partial charge in [0.05, 0.1) is 0 Å². The van der Waals surface area contributed by atoms with Crippen molar-refractivity contribution in [2.24, 2.45) is 0 Å². The maximum atomic E-state index is 5.81. The molecule has 0 atom stereocenters. The van der Waals surface area contributed by atoms with Gasteiger partial charge in [0.25, 0.3) is 0 Å². The van der Waals surface area contributed by atoms with Gasteiger partial charge in [-0.05, 0) is 41.3 Å². The van der Waals surface area contributed by atoms with Crippen molar-refractivity contribution < 1.29 is 0 Å². The van der Waals surface area contributed by atoms with E-state index in [-0.39, 0.29) is 0 Å². The average molecular weight is 254 g/mol. The molecule has 0 aliphatic heterocycles. The fourth-order valence-electron chi connectivity index (χ4n) is 2.17. The fourth-order valence-corrected chi connectivity index (χ4v) is 2.17. The molecule has 0 aromatic heterocycles. The summed E-state index contributed by atoms with van der Waals surface area (Å²) in [6.45, 7) is 5.29. The molecule has 100 valence electrons. The lowest BCUT2D eigenvalue weighted by molar-refractivity contribution is 0.863. The molecule has 0 amide bonds. The second kappa shape index (κ2) is 5.79. The number of benzene rings is 2. The molecule has 2 N–H and O–H groups in total. The fraction of sp³-hybridized carbons (Fsp3) is 0.294. The Bertz CT molecular complexity index is 529. The molecule has 0 heterocycles. The zero-order chi connectivity index (χ0) is 13.8. The lowest BCUT2D eigenvalue weighted by atomic mass is 10.0. The zero-order valence-electron chi connectivity index (χ0n) is 11.9. The molecule has 0 aliphatic rings. The second-order valence-electron chi connectivity index (χ2n) is 5.35. The SMILES string of the molecule is CC(C)c1ccc(N(C)Cc2cccc(N)c2)cc1. The third-order valence-electron chi connectivity index (χ3n) is 3.37. The van der Waals surface area contributed by atoms with E-state index in [4.69, 9.17) is 5.73 Å². The van der Waals surface area contributed by atoms with Crippen LogP contribution < -0.4 is 10.6 Å². The minimum absolute atomic E-state index is 0.577. The van der Waals surface area contributed by atoms with E-state index < -0.39 is 0 Å². The first-order valence-electron chi connectivity index (χ1n) is 6.72. The molecule has 2 heteroatoms. The standard InChI is InChI=1S/C17H22N2/c1-13(2)15-7-9-17(10-8-15)19(3)12-14-5-4-6-16(18)11-14/h4-11,13H,12,18H2,1-3H3. The van der Waals surface area contributed by atoms with Crippen molar-refractivity contribution in [3.8, 4) is 0 Å². The van der Waals surface area contributed by atoms with E-state index in [2.05, 4.69) is 56.1 Å². The minimum atomic E-state index is 0.577. The highest BCUT2D eigenvalue weighted by Gasteiger charge is 2.04. The Balaban J connectivity index is 2.09. The minimum Gasteiger partial charge on any atom is -0.399 e. The van der Waals surface area contributed by atoms with Crippen molar-refractivity contribution in [1.82, 2.24) is 0 Å². The third kappa shape index (κ3) is 3.50. The molecule has 2 aromatic carbocycles. The summed E-state index contributed by atoms with van der Waals surface area (Å²) in [5.74, 6) is 0.577. The maximum Gasteiger partial charge on any atom is 0.0426 e. The third-order valence-corrected chi connectivity index (χ3v) is 3.37. The van der Waals surface area contributed by atoms with Crippen LogP contribution in [0.1, 0.15) is 30.9 Å². The number of hydrogen-bond acceptors (Lipinski definition) is 2. The largest absolute Gasteiger partial charge is 0.399 e. The van der Waals surface area contributed by atoms with Crippen molar-refractivity contribution in [2.45, 2.75) is 26.3 Å². The van der Waals surface area contributed by atoms with Crippen molar-refractivity contribution in [2.75, 3.05) is 17.7 Å². The van der Waals surface area contributed by atoms with Crippen LogP contribution in [-0.2, 0) is 6.54 Å². The predicted molar refractivity (Wildman–Crippen MR) is 83.5 cm³/mol. The van der Waals surface area contributed by atoms with Gasteiger partial charge in [-0.2, -0.15) is 0 Å². The van der Waals surface area contributed by atoms with Gasteiger partial charge in [-0.25, -0.2) is 0 Å². The first-order valence-corrected chi connectivity index (χ1v) is 6.72. The van der Waals surface area contributed by atoms with Crippen LogP contribution in [0.3, 0.4) is 0 Å². The van der Waals surface area contributed by atoms with E-state index in [1.54, 1.807) is 0 Å². The van der Waals surface area contributed by atoms with Crippen molar-refractivity contribution in [3.63, 3.8) is 0 Å². The summed E-state index contributed by atoms with van der Waals surface area (Å²) in [6.07, 6.45) is 0. The van der Waals surface area contributed by atoms with Crippen LogP contribution in [0.25, 0.3) is 0 Å². The van der Waals surface area contributed by atoms with Crippen molar-refractivity contribution in [3.05, 3.63) is 59.7 Å². The van der Waals surface area contributed by atoms with Crippen LogP contribution in [-0.4, -0.2) is 7.05 Å². The second-order valence-corrected chi connectivity index (χ2v) is 5.35. The molecule has 0 saturated carbocycles. The summed E-state index contributed by atoms with van der Waals surface area (Å²) < 4.78 is 0. The summed E-state index contributed by atoms with van der Waals surface area (Å²) in [7, 11) is 2.10. The summed E-state index contributed by atoms with van der Waals surface area (Å²) in [5, 5.41) is 0. The van der Waals surface area contributed by atoms with Crippen LogP contribution in [0.2, 0.25) is 0 Å². The van der Waals surface area contributed by atoms with Gasteiger partial charge in [0.2, 0.25) is 0 Å². The highest BCUT2D eigenvalue weighted by Crippen LogP contribution is 2.21. The van der Waals surface area contributed by atoms with Gasteiger partial charge in [0.1, 0.15) is 0 Å². The Kier molecular flexibility index (Phi) is 4.10. The molecule has 0 radical (unpaired) electrons. The van der Waals surface area contributed by atoms with Gasteiger partial charge >= 0.3 is 0 Å². The number of nitrogens with two attached hydrogens (primary N) is 1.